The normalized spacial score (nSPS) is 17.4. The first-order valence-corrected chi connectivity index (χ1v) is 7.94. The lowest BCUT2D eigenvalue weighted by Crippen LogP contribution is -2.28. The predicted molar refractivity (Wildman–Crippen MR) is 90.1 cm³/mol. The summed E-state index contributed by atoms with van der Waals surface area (Å²) >= 11 is 0. The van der Waals surface area contributed by atoms with Crippen LogP contribution in [0.3, 0.4) is 0 Å². The van der Waals surface area contributed by atoms with Crippen LogP contribution < -0.4 is 0 Å². The van der Waals surface area contributed by atoms with E-state index in [-0.39, 0.29) is 6.61 Å². The van der Waals surface area contributed by atoms with Crippen molar-refractivity contribution < 1.29 is 14.6 Å². The minimum atomic E-state index is -0.814. The number of aliphatic hydroxyl groups is 1. The second-order valence-corrected chi connectivity index (χ2v) is 5.79. The molecular weight excluding hydrogens is 288 g/mol. The number of rotatable bonds is 5. The highest BCUT2D eigenvalue weighted by Crippen LogP contribution is 2.38. The van der Waals surface area contributed by atoms with Crippen LogP contribution in [0.2, 0.25) is 0 Å². The first-order chi connectivity index (χ1) is 11.2. The van der Waals surface area contributed by atoms with Crippen LogP contribution in [0.1, 0.15) is 23.6 Å². The summed E-state index contributed by atoms with van der Waals surface area (Å²) in [4.78, 5) is 0. The number of ether oxygens (including phenoxy) is 2. The van der Waals surface area contributed by atoms with Crippen molar-refractivity contribution in [1.29, 1.82) is 0 Å². The fourth-order valence-corrected chi connectivity index (χ4v) is 3.01. The Morgan fingerprint density at radius 2 is 1.74 bits per heavy atom. The zero-order valence-electron chi connectivity index (χ0n) is 13.4. The summed E-state index contributed by atoms with van der Waals surface area (Å²) in [5, 5.41) is 9.02. The van der Waals surface area contributed by atoms with Gasteiger partial charge in [0.2, 0.25) is 5.79 Å². The van der Waals surface area contributed by atoms with Crippen LogP contribution in [0.5, 0.6) is 0 Å². The highest BCUT2D eigenvalue weighted by molar-refractivity contribution is 5.37. The average molecular weight is 310 g/mol. The van der Waals surface area contributed by atoms with Gasteiger partial charge >= 0.3 is 0 Å². The molecule has 2 aromatic rings. The smallest absolute Gasteiger partial charge is 0.222 e. The fraction of sp³-hybridized carbons (Fsp3) is 0.300. The van der Waals surface area contributed by atoms with E-state index in [9.17, 15) is 0 Å². The van der Waals surface area contributed by atoms with Gasteiger partial charge in [-0.1, -0.05) is 60.2 Å². The van der Waals surface area contributed by atoms with Gasteiger partial charge in [0.1, 0.15) is 0 Å². The van der Waals surface area contributed by atoms with E-state index in [1.54, 1.807) is 0 Å². The summed E-state index contributed by atoms with van der Waals surface area (Å²) < 4.78 is 12.1. The van der Waals surface area contributed by atoms with E-state index in [4.69, 9.17) is 14.6 Å². The quantitative estimate of drug-likeness (QED) is 0.860. The third-order valence-corrected chi connectivity index (χ3v) is 4.08. The van der Waals surface area contributed by atoms with Gasteiger partial charge in [-0.2, -0.15) is 0 Å². The number of allylic oxidation sites excluding steroid dienone is 1. The Balaban J connectivity index is 1.97. The summed E-state index contributed by atoms with van der Waals surface area (Å²) in [6.07, 6.45) is 2.64. The van der Waals surface area contributed by atoms with Gasteiger partial charge in [-0.25, -0.2) is 0 Å². The molecule has 1 aliphatic rings. The van der Waals surface area contributed by atoms with Crippen LogP contribution in [0.4, 0.5) is 0 Å². The lowest BCUT2D eigenvalue weighted by atomic mass is 9.94. The second-order valence-electron chi connectivity index (χ2n) is 5.79. The molecule has 0 bridgehead atoms. The van der Waals surface area contributed by atoms with Crippen LogP contribution >= 0.6 is 0 Å². The summed E-state index contributed by atoms with van der Waals surface area (Å²) in [5.41, 5.74) is 4.35. The summed E-state index contributed by atoms with van der Waals surface area (Å²) in [7, 11) is 0. The molecule has 0 spiro atoms. The first kappa shape index (κ1) is 15.9. The van der Waals surface area contributed by atoms with E-state index in [1.165, 1.54) is 5.56 Å². The van der Waals surface area contributed by atoms with Crippen LogP contribution in [0.25, 0.3) is 0 Å². The monoisotopic (exact) mass is 310 g/mol. The molecule has 3 heteroatoms. The fourth-order valence-electron chi connectivity index (χ4n) is 3.01. The van der Waals surface area contributed by atoms with Crippen molar-refractivity contribution in [1.82, 2.24) is 0 Å². The van der Waals surface area contributed by atoms with Crippen molar-refractivity contribution in [2.45, 2.75) is 19.1 Å². The zero-order valence-corrected chi connectivity index (χ0v) is 13.4. The van der Waals surface area contributed by atoms with Crippen LogP contribution in [0, 0.1) is 0 Å². The summed E-state index contributed by atoms with van der Waals surface area (Å²) in [6, 6.07) is 18.4. The van der Waals surface area contributed by atoms with E-state index in [0.717, 1.165) is 23.1 Å². The van der Waals surface area contributed by atoms with E-state index in [0.29, 0.717) is 13.2 Å². The van der Waals surface area contributed by atoms with Crippen molar-refractivity contribution in [2.75, 3.05) is 19.8 Å². The molecular formula is C20H22O3. The SMILES string of the molecule is C/C(=C\CO)Cc1cccc(C2(c3ccccc3)OCCO2)c1. The molecule has 0 unspecified atom stereocenters. The van der Waals surface area contributed by atoms with Crippen LogP contribution in [0.15, 0.2) is 66.2 Å². The molecule has 1 fully saturated rings. The molecule has 3 rings (SSSR count). The molecule has 2 aromatic carbocycles. The standard InChI is InChI=1S/C20H22O3/c1-16(10-11-21)14-17-6-5-9-19(15-17)20(22-12-13-23-20)18-7-3-2-4-8-18/h2-10,15,21H,11-14H2,1H3/b16-10+. The maximum absolute atomic E-state index is 9.02. The van der Waals surface area contributed by atoms with Gasteiger partial charge in [0.15, 0.2) is 0 Å². The Morgan fingerprint density at radius 1 is 1.04 bits per heavy atom. The molecule has 0 atom stereocenters. The zero-order chi connectivity index (χ0) is 16.1. The van der Waals surface area contributed by atoms with E-state index in [1.807, 2.05) is 55.5 Å². The number of aliphatic hydroxyl groups excluding tert-OH is 1. The van der Waals surface area contributed by atoms with E-state index >= 15 is 0 Å². The van der Waals surface area contributed by atoms with Crippen molar-refractivity contribution in [3.8, 4) is 0 Å². The lowest BCUT2D eigenvalue weighted by Gasteiger charge is -2.28. The maximum Gasteiger partial charge on any atom is 0.222 e. The maximum atomic E-state index is 9.02. The van der Waals surface area contributed by atoms with Crippen molar-refractivity contribution in [3.05, 3.63) is 82.9 Å². The van der Waals surface area contributed by atoms with Crippen molar-refractivity contribution in [2.24, 2.45) is 0 Å². The molecule has 1 heterocycles. The van der Waals surface area contributed by atoms with Crippen molar-refractivity contribution in [3.63, 3.8) is 0 Å². The van der Waals surface area contributed by atoms with Gasteiger partial charge in [0, 0.05) is 11.1 Å². The Hall–Kier alpha value is -1.94. The second kappa shape index (κ2) is 7.09. The highest BCUT2D eigenvalue weighted by atomic mass is 16.7. The Kier molecular flexibility index (Phi) is 4.91. The largest absolute Gasteiger partial charge is 0.392 e. The number of hydrogen-bond acceptors (Lipinski definition) is 3. The topological polar surface area (TPSA) is 38.7 Å². The van der Waals surface area contributed by atoms with Gasteiger partial charge in [-0.15, -0.1) is 0 Å². The van der Waals surface area contributed by atoms with Crippen LogP contribution in [-0.4, -0.2) is 24.9 Å². The molecule has 0 amide bonds. The Morgan fingerprint density at radius 3 is 2.43 bits per heavy atom. The summed E-state index contributed by atoms with van der Waals surface area (Å²) in [5.74, 6) is -0.814. The highest BCUT2D eigenvalue weighted by Gasteiger charge is 2.40. The molecule has 0 aromatic heterocycles. The third-order valence-electron chi connectivity index (χ3n) is 4.08. The molecule has 23 heavy (non-hydrogen) atoms. The molecule has 120 valence electrons. The third kappa shape index (κ3) is 3.37. The predicted octanol–water partition coefficient (Wildman–Crippen LogP) is 3.42. The van der Waals surface area contributed by atoms with Gasteiger partial charge in [0.05, 0.1) is 19.8 Å². The molecule has 0 saturated carbocycles. The Labute approximate surface area is 137 Å². The summed E-state index contributed by atoms with van der Waals surface area (Å²) in [6.45, 7) is 3.27. The van der Waals surface area contributed by atoms with Crippen molar-refractivity contribution >= 4 is 0 Å². The number of hydrogen-bond donors (Lipinski definition) is 1. The van der Waals surface area contributed by atoms with Crippen LogP contribution in [-0.2, 0) is 21.7 Å². The average Bonchev–Trinajstić information content (AvgIpc) is 3.07. The molecule has 3 nitrogen and oxygen atoms in total. The Bertz CT molecular complexity index is 670. The van der Waals surface area contributed by atoms with E-state index in [2.05, 4.69) is 12.1 Å². The minimum absolute atomic E-state index is 0.0751. The molecule has 0 aliphatic carbocycles. The van der Waals surface area contributed by atoms with Gasteiger partial charge in [-0.3, -0.25) is 0 Å². The minimum Gasteiger partial charge on any atom is -0.392 e. The molecule has 0 radical (unpaired) electrons. The molecule has 1 N–H and O–H groups in total. The molecule has 1 aliphatic heterocycles. The molecule has 1 saturated heterocycles. The first-order valence-electron chi connectivity index (χ1n) is 7.94. The van der Waals surface area contributed by atoms with Gasteiger partial charge in [0.25, 0.3) is 0 Å². The number of benzene rings is 2. The van der Waals surface area contributed by atoms with E-state index < -0.39 is 5.79 Å². The van der Waals surface area contributed by atoms with Gasteiger partial charge in [-0.05, 0) is 25.0 Å². The lowest BCUT2D eigenvalue weighted by molar-refractivity contribution is -0.129. The van der Waals surface area contributed by atoms with Gasteiger partial charge < -0.3 is 14.6 Å².